The molecular formula is C9H8BrN3S. The summed E-state index contributed by atoms with van der Waals surface area (Å²) in [5.74, 6) is 0. The van der Waals surface area contributed by atoms with E-state index in [1.54, 1.807) is 23.7 Å². The highest BCUT2D eigenvalue weighted by molar-refractivity contribution is 9.10. The van der Waals surface area contributed by atoms with Gasteiger partial charge in [0.1, 0.15) is 0 Å². The quantitative estimate of drug-likeness (QED) is 0.931. The molecule has 72 valence electrons. The molecule has 5 heteroatoms. The maximum Gasteiger partial charge on any atom is 0.0795 e. The molecule has 0 fully saturated rings. The van der Waals surface area contributed by atoms with Crippen LogP contribution < -0.4 is 5.32 Å². The van der Waals surface area contributed by atoms with Crippen molar-refractivity contribution in [2.45, 2.75) is 6.54 Å². The molecule has 0 radical (unpaired) electrons. The van der Waals surface area contributed by atoms with E-state index < -0.39 is 0 Å². The van der Waals surface area contributed by atoms with Gasteiger partial charge in [-0.3, -0.25) is 4.98 Å². The van der Waals surface area contributed by atoms with E-state index in [9.17, 15) is 0 Å². The second-order valence-electron chi connectivity index (χ2n) is 2.69. The molecular weight excluding hydrogens is 262 g/mol. The third-order valence-corrected chi connectivity index (χ3v) is 2.98. The molecule has 0 aliphatic heterocycles. The molecule has 2 aromatic rings. The van der Waals surface area contributed by atoms with Crippen molar-refractivity contribution in [3.8, 4) is 0 Å². The Bertz CT molecular complexity index is 402. The first-order valence-electron chi connectivity index (χ1n) is 4.07. The smallest absolute Gasteiger partial charge is 0.0795 e. The van der Waals surface area contributed by atoms with Crippen LogP contribution in [-0.4, -0.2) is 9.97 Å². The molecule has 2 heterocycles. The third-order valence-electron chi connectivity index (χ3n) is 1.72. The van der Waals surface area contributed by atoms with Crippen molar-refractivity contribution in [1.82, 2.24) is 9.97 Å². The number of nitrogens with zero attached hydrogens (tertiary/aromatic N) is 2. The standard InChI is InChI=1S/C9H8BrN3S/c10-8-4-11-2-1-9(8)12-3-7-5-14-6-13-7/h1-2,4-6H,3H2,(H,11,12). The summed E-state index contributed by atoms with van der Waals surface area (Å²) in [6.07, 6.45) is 3.53. The first-order valence-corrected chi connectivity index (χ1v) is 5.80. The van der Waals surface area contributed by atoms with Crippen LogP contribution in [0.3, 0.4) is 0 Å². The van der Waals surface area contributed by atoms with Crippen LogP contribution >= 0.6 is 27.3 Å². The lowest BCUT2D eigenvalue weighted by molar-refractivity contribution is 1.07. The summed E-state index contributed by atoms with van der Waals surface area (Å²) in [6, 6.07) is 1.93. The fraction of sp³-hybridized carbons (Fsp3) is 0.111. The minimum atomic E-state index is 0.742. The van der Waals surface area contributed by atoms with Crippen molar-refractivity contribution < 1.29 is 0 Å². The number of pyridine rings is 1. The molecule has 0 saturated heterocycles. The number of anilines is 1. The van der Waals surface area contributed by atoms with Gasteiger partial charge >= 0.3 is 0 Å². The Morgan fingerprint density at radius 1 is 1.50 bits per heavy atom. The van der Waals surface area contributed by atoms with Crippen LogP contribution in [0, 0.1) is 0 Å². The summed E-state index contributed by atoms with van der Waals surface area (Å²) < 4.78 is 0.968. The number of rotatable bonds is 3. The lowest BCUT2D eigenvalue weighted by Crippen LogP contribution is -2.00. The third kappa shape index (κ3) is 2.30. The Kier molecular flexibility index (Phi) is 3.10. The Balaban J connectivity index is 2.02. The molecule has 0 aliphatic carbocycles. The molecule has 14 heavy (non-hydrogen) atoms. The number of nitrogens with one attached hydrogen (secondary N) is 1. The van der Waals surface area contributed by atoms with E-state index in [2.05, 4.69) is 31.2 Å². The minimum absolute atomic E-state index is 0.742. The highest BCUT2D eigenvalue weighted by Crippen LogP contribution is 2.20. The molecule has 0 aliphatic rings. The van der Waals surface area contributed by atoms with E-state index in [-0.39, 0.29) is 0 Å². The van der Waals surface area contributed by atoms with Crippen molar-refractivity contribution >= 4 is 33.0 Å². The van der Waals surface area contributed by atoms with Gasteiger partial charge in [-0.2, -0.15) is 0 Å². The summed E-state index contributed by atoms with van der Waals surface area (Å²) in [5.41, 5.74) is 3.92. The van der Waals surface area contributed by atoms with Crippen molar-refractivity contribution in [2.24, 2.45) is 0 Å². The predicted molar refractivity (Wildman–Crippen MR) is 61.4 cm³/mol. The van der Waals surface area contributed by atoms with Gasteiger partial charge < -0.3 is 5.32 Å². The number of hydrogen-bond acceptors (Lipinski definition) is 4. The van der Waals surface area contributed by atoms with Crippen molar-refractivity contribution in [1.29, 1.82) is 0 Å². The van der Waals surface area contributed by atoms with Crippen LogP contribution in [0.15, 0.2) is 33.8 Å². The van der Waals surface area contributed by atoms with E-state index in [4.69, 9.17) is 0 Å². The van der Waals surface area contributed by atoms with Crippen LogP contribution in [0.1, 0.15) is 5.69 Å². The maximum atomic E-state index is 4.19. The van der Waals surface area contributed by atoms with Gasteiger partial charge in [0.2, 0.25) is 0 Å². The molecule has 0 unspecified atom stereocenters. The molecule has 0 aromatic carbocycles. The zero-order valence-electron chi connectivity index (χ0n) is 7.27. The van der Waals surface area contributed by atoms with Gasteiger partial charge in [0.15, 0.2) is 0 Å². The van der Waals surface area contributed by atoms with E-state index in [0.717, 1.165) is 22.4 Å². The predicted octanol–water partition coefficient (Wildman–Crippen LogP) is 2.91. The molecule has 0 amide bonds. The fourth-order valence-electron chi connectivity index (χ4n) is 1.03. The second-order valence-corrected chi connectivity index (χ2v) is 4.26. The molecule has 3 nitrogen and oxygen atoms in total. The summed E-state index contributed by atoms with van der Waals surface area (Å²) in [6.45, 7) is 0.742. The number of aromatic nitrogens is 2. The van der Waals surface area contributed by atoms with Gasteiger partial charge in [-0.15, -0.1) is 11.3 Å². The Hall–Kier alpha value is -0.940. The molecule has 2 aromatic heterocycles. The Morgan fingerprint density at radius 2 is 2.43 bits per heavy atom. The molecule has 0 bridgehead atoms. The molecule has 0 spiro atoms. The Labute approximate surface area is 94.4 Å². The van der Waals surface area contributed by atoms with E-state index in [1.165, 1.54) is 0 Å². The number of halogens is 1. The summed E-state index contributed by atoms with van der Waals surface area (Å²) in [5, 5.41) is 5.30. The lowest BCUT2D eigenvalue weighted by Gasteiger charge is -2.05. The van der Waals surface area contributed by atoms with Crippen molar-refractivity contribution in [3.05, 3.63) is 39.5 Å². The SMILES string of the molecule is Brc1cnccc1NCc1cscn1. The average molecular weight is 270 g/mol. The van der Waals surface area contributed by atoms with Crippen LogP contribution in [0.2, 0.25) is 0 Å². The molecule has 0 atom stereocenters. The highest BCUT2D eigenvalue weighted by atomic mass is 79.9. The van der Waals surface area contributed by atoms with E-state index >= 15 is 0 Å². The zero-order chi connectivity index (χ0) is 9.80. The number of hydrogen-bond donors (Lipinski definition) is 1. The summed E-state index contributed by atoms with van der Waals surface area (Å²) >= 11 is 5.02. The summed E-state index contributed by atoms with van der Waals surface area (Å²) in [4.78, 5) is 8.18. The monoisotopic (exact) mass is 269 g/mol. The minimum Gasteiger partial charge on any atom is -0.378 e. The Morgan fingerprint density at radius 3 is 3.14 bits per heavy atom. The highest BCUT2D eigenvalue weighted by Gasteiger charge is 1.99. The maximum absolute atomic E-state index is 4.19. The normalized spacial score (nSPS) is 10.1. The largest absolute Gasteiger partial charge is 0.378 e. The topological polar surface area (TPSA) is 37.8 Å². The van der Waals surface area contributed by atoms with Gasteiger partial charge in [0.05, 0.1) is 27.9 Å². The van der Waals surface area contributed by atoms with E-state index in [0.29, 0.717) is 0 Å². The fourth-order valence-corrected chi connectivity index (χ4v) is 1.98. The second kappa shape index (κ2) is 4.52. The average Bonchev–Trinajstić information content (AvgIpc) is 2.69. The molecule has 0 saturated carbocycles. The van der Waals surface area contributed by atoms with Crippen LogP contribution in [-0.2, 0) is 6.54 Å². The van der Waals surface area contributed by atoms with Crippen molar-refractivity contribution in [2.75, 3.05) is 5.32 Å². The van der Waals surface area contributed by atoms with Gasteiger partial charge in [0.25, 0.3) is 0 Å². The van der Waals surface area contributed by atoms with Crippen LogP contribution in [0.5, 0.6) is 0 Å². The zero-order valence-corrected chi connectivity index (χ0v) is 9.68. The summed E-state index contributed by atoms with van der Waals surface area (Å²) in [7, 11) is 0. The van der Waals surface area contributed by atoms with Gasteiger partial charge in [-0.25, -0.2) is 4.98 Å². The van der Waals surface area contributed by atoms with Gasteiger partial charge in [-0.05, 0) is 22.0 Å². The first kappa shape index (κ1) is 9.61. The van der Waals surface area contributed by atoms with Crippen LogP contribution in [0.4, 0.5) is 5.69 Å². The lowest BCUT2D eigenvalue weighted by atomic mass is 10.4. The molecule has 1 N–H and O–H groups in total. The molecule has 2 rings (SSSR count). The number of thiazole rings is 1. The van der Waals surface area contributed by atoms with Gasteiger partial charge in [-0.1, -0.05) is 0 Å². The van der Waals surface area contributed by atoms with Crippen molar-refractivity contribution in [3.63, 3.8) is 0 Å². The van der Waals surface area contributed by atoms with Crippen LogP contribution in [0.25, 0.3) is 0 Å². The van der Waals surface area contributed by atoms with Gasteiger partial charge in [0, 0.05) is 17.8 Å². The van der Waals surface area contributed by atoms with E-state index in [1.807, 2.05) is 17.0 Å². The first-order chi connectivity index (χ1) is 6.86.